The number of nitro groups is 1. The van der Waals surface area contributed by atoms with Gasteiger partial charge >= 0.3 is 11.9 Å². The number of hydrogen-bond donors (Lipinski definition) is 2. The smallest absolute Gasteiger partial charge is 0.337 e. The number of nitro benzene ring substituents is 1. The van der Waals surface area contributed by atoms with E-state index in [-0.39, 0.29) is 22.9 Å². The third-order valence-corrected chi connectivity index (χ3v) is 5.33. The summed E-state index contributed by atoms with van der Waals surface area (Å²) >= 11 is 0. The number of carbonyl (C=O) groups excluding carboxylic acids is 2. The van der Waals surface area contributed by atoms with E-state index in [0.717, 1.165) is 19.4 Å². The number of piperidine rings is 1. The maximum absolute atomic E-state index is 13.2. The van der Waals surface area contributed by atoms with Crippen molar-refractivity contribution in [1.82, 2.24) is 10.6 Å². The highest BCUT2D eigenvalue weighted by Gasteiger charge is 2.39. The molecule has 0 saturated carbocycles. The molecule has 160 valence electrons. The number of carbonyl (C=O) groups is 2. The lowest BCUT2D eigenvalue weighted by Crippen LogP contribution is -2.39. The molecule has 0 bridgehead atoms. The summed E-state index contributed by atoms with van der Waals surface area (Å²) in [6, 6.07) is 5.92. The summed E-state index contributed by atoms with van der Waals surface area (Å²) in [7, 11) is 1.25. The van der Waals surface area contributed by atoms with E-state index in [9.17, 15) is 19.7 Å². The lowest BCUT2D eigenvalue weighted by molar-refractivity contribution is -0.384. The molecule has 9 nitrogen and oxygen atoms in total. The van der Waals surface area contributed by atoms with E-state index < -0.39 is 22.8 Å². The second kappa shape index (κ2) is 9.08. The maximum atomic E-state index is 13.2. The largest absolute Gasteiger partial charge is 0.466 e. The van der Waals surface area contributed by atoms with Crippen molar-refractivity contribution in [2.45, 2.75) is 38.7 Å². The van der Waals surface area contributed by atoms with Gasteiger partial charge in [0.15, 0.2) is 0 Å². The van der Waals surface area contributed by atoms with Gasteiger partial charge in [-0.1, -0.05) is 12.1 Å². The summed E-state index contributed by atoms with van der Waals surface area (Å²) in [5.74, 6) is -2.02. The van der Waals surface area contributed by atoms with Crippen LogP contribution in [0.5, 0.6) is 0 Å². The van der Waals surface area contributed by atoms with Crippen LogP contribution < -0.4 is 10.6 Å². The van der Waals surface area contributed by atoms with E-state index in [1.165, 1.54) is 25.3 Å². The highest BCUT2D eigenvalue weighted by molar-refractivity contribution is 6.00. The van der Waals surface area contributed by atoms with Gasteiger partial charge in [-0.3, -0.25) is 10.1 Å². The molecule has 2 unspecified atom stereocenters. The van der Waals surface area contributed by atoms with Gasteiger partial charge in [0.25, 0.3) is 5.69 Å². The SMILES string of the molecule is COC(=O)C1=C(C)NC(C)=C(C(=O)OC2CCCNC2)C1c1cccc([N+](=O)[O-])c1. The van der Waals surface area contributed by atoms with Crippen LogP contribution >= 0.6 is 0 Å². The minimum absolute atomic E-state index is 0.130. The fourth-order valence-electron chi connectivity index (χ4n) is 3.93. The Hall–Kier alpha value is -3.20. The van der Waals surface area contributed by atoms with Crippen LogP contribution in [0.25, 0.3) is 0 Å². The zero-order valence-corrected chi connectivity index (χ0v) is 17.2. The van der Waals surface area contributed by atoms with Crippen LogP contribution in [0, 0.1) is 10.1 Å². The zero-order chi connectivity index (χ0) is 21.8. The standard InChI is InChI=1S/C21H25N3O6/c1-12-17(20(25)29-3)19(14-6-4-7-15(10-14)24(27)28)18(13(2)23-12)21(26)30-16-8-5-9-22-11-16/h4,6-7,10,16,19,22-23H,5,8-9,11H2,1-3H3. The molecule has 30 heavy (non-hydrogen) atoms. The first-order valence-corrected chi connectivity index (χ1v) is 9.76. The van der Waals surface area contributed by atoms with Crippen molar-refractivity contribution in [2.24, 2.45) is 0 Å². The molecule has 1 aromatic rings. The van der Waals surface area contributed by atoms with Gasteiger partial charge in [0, 0.05) is 30.1 Å². The third kappa shape index (κ3) is 4.35. The highest BCUT2D eigenvalue weighted by Crippen LogP contribution is 2.40. The molecule has 2 aliphatic heterocycles. The van der Waals surface area contributed by atoms with E-state index in [2.05, 4.69) is 10.6 Å². The summed E-state index contributed by atoms with van der Waals surface area (Å²) in [5.41, 5.74) is 1.83. The zero-order valence-electron chi connectivity index (χ0n) is 17.2. The van der Waals surface area contributed by atoms with Gasteiger partial charge in [-0.05, 0) is 38.8 Å². The van der Waals surface area contributed by atoms with Crippen LogP contribution in [0.3, 0.4) is 0 Å². The fourth-order valence-corrected chi connectivity index (χ4v) is 3.93. The van der Waals surface area contributed by atoms with Crippen LogP contribution in [-0.4, -0.2) is 43.2 Å². The van der Waals surface area contributed by atoms with Crippen molar-refractivity contribution in [2.75, 3.05) is 20.2 Å². The van der Waals surface area contributed by atoms with Gasteiger partial charge in [-0.25, -0.2) is 9.59 Å². The molecule has 2 aliphatic rings. The van der Waals surface area contributed by atoms with E-state index in [1.54, 1.807) is 19.9 Å². The number of nitrogens with one attached hydrogen (secondary N) is 2. The van der Waals surface area contributed by atoms with Crippen LogP contribution in [-0.2, 0) is 19.1 Å². The molecule has 2 heterocycles. The quantitative estimate of drug-likeness (QED) is 0.427. The molecule has 1 fully saturated rings. The molecule has 2 N–H and O–H groups in total. The van der Waals surface area contributed by atoms with Crippen LogP contribution in [0.15, 0.2) is 46.8 Å². The van der Waals surface area contributed by atoms with E-state index in [4.69, 9.17) is 9.47 Å². The number of allylic oxidation sites excluding steroid dienone is 2. The summed E-state index contributed by atoms with van der Waals surface area (Å²) in [4.78, 5) is 36.6. The lowest BCUT2D eigenvalue weighted by Gasteiger charge is -2.31. The highest BCUT2D eigenvalue weighted by atomic mass is 16.6. The van der Waals surface area contributed by atoms with Crippen molar-refractivity contribution in [3.05, 3.63) is 62.5 Å². The van der Waals surface area contributed by atoms with E-state index >= 15 is 0 Å². The Kier molecular flexibility index (Phi) is 6.51. The Bertz CT molecular complexity index is 930. The molecule has 0 amide bonds. The average Bonchev–Trinajstić information content (AvgIpc) is 2.73. The first-order valence-electron chi connectivity index (χ1n) is 9.76. The first-order chi connectivity index (χ1) is 14.3. The van der Waals surface area contributed by atoms with Gasteiger partial charge in [0.1, 0.15) is 6.10 Å². The second-order valence-corrected chi connectivity index (χ2v) is 7.35. The van der Waals surface area contributed by atoms with Crippen molar-refractivity contribution >= 4 is 17.6 Å². The molecule has 0 aliphatic carbocycles. The van der Waals surface area contributed by atoms with Gasteiger partial charge in [-0.15, -0.1) is 0 Å². The number of non-ortho nitro benzene ring substituents is 1. The summed E-state index contributed by atoms with van der Waals surface area (Å²) < 4.78 is 10.7. The Morgan fingerprint density at radius 2 is 1.87 bits per heavy atom. The molecule has 1 aromatic carbocycles. The predicted molar refractivity (Wildman–Crippen MR) is 108 cm³/mol. The number of rotatable bonds is 5. The number of dihydropyridines is 1. The summed E-state index contributed by atoms with van der Waals surface area (Å²) in [5, 5.41) is 17.5. The number of methoxy groups -OCH3 is 1. The number of benzene rings is 1. The third-order valence-electron chi connectivity index (χ3n) is 5.33. The molecule has 3 rings (SSSR count). The van der Waals surface area contributed by atoms with E-state index in [0.29, 0.717) is 23.5 Å². The van der Waals surface area contributed by atoms with Gasteiger partial charge in [0.05, 0.1) is 29.1 Å². The van der Waals surface area contributed by atoms with Crippen LogP contribution in [0.2, 0.25) is 0 Å². The molecule has 0 spiro atoms. The Balaban J connectivity index is 2.07. The van der Waals surface area contributed by atoms with Crippen molar-refractivity contribution in [1.29, 1.82) is 0 Å². The average molecular weight is 415 g/mol. The number of hydrogen-bond acceptors (Lipinski definition) is 8. The number of ether oxygens (including phenoxy) is 2. The molecule has 0 radical (unpaired) electrons. The van der Waals surface area contributed by atoms with Gasteiger partial charge < -0.3 is 20.1 Å². The fraction of sp³-hybridized carbons (Fsp3) is 0.429. The molecule has 2 atom stereocenters. The Morgan fingerprint density at radius 1 is 1.17 bits per heavy atom. The van der Waals surface area contributed by atoms with Crippen molar-refractivity contribution in [3.63, 3.8) is 0 Å². The Morgan fingerprint density at radius 3 is 2.47 bits per heavy atom. The van der Waals surface area contributed by atoms with Gasteiger partial charge in [0.2, 0.25) is 0 Å². The summed E-state index contributed by atoms with van der Waals surface area (Å²) in [6.45, 7) is 4.86. The summed E-state index contributed by atoms with van der Waals surface area (Å²) in [6.07, 6.45) is 1.37. The minimum Gasteiger partial charge on any atom is -0.466 e. The number of esters is 2. The minimum atomic E-state index is -0.845. The number of nitrogens with zero attached hydrogens (tertiary/aromatic N) is 1. The van der Waals surface area contributed by atoms with Crippen molar-refractivity contribution < 1.29 is 24.0 Å². The molecular formula is C21H25N3O6. The Labute approximate surface area is 174 Å². The van der Waals surface area contributed by atoms with E-state index in [1.807, 2.05) is 0 Å². The molecule has 9 heteroatoms. The molecular weight excluding hydrogens is 390 g/mol. The van der Waals surface area contributed by atoms with Crippen LogP contribution in [0.1, 0.15) is 38.2 Å². The maximum Gasteiger partial charge on any atom is 0.337 e. The monoisotopic (exact) mass is 415 g/mol. The second-order valence-electron chi connectivity index (χ2n) is 7.35. The van der Waals surface area contributed by atoms with Crippen molar-refractivity contribution in [3.8, 4) is 0 Å². The lowest BCUT2D eigenvalue weighted by atomic mass is 9.80. The predicted octanol–water partition coefficient (Wildman–Crippen LogP) is 2.30. The molecule has 0 aromatic heterocycles. The van der Waals surface area contributed by atoms with Crippen LogP contribution in [0.4, 0.5) is 5.69 Å². The first kappa shape index (κ1) is 21.5. The van der Waals surface area contributed by atoms with Gasteiger partial charge in [-0.2, -0.15) is 0 Å². The topological polar surface area (TPSA) is 120 Å². The molecule has 1 saturated heterocycles. The normalized spacial score (nSPS) is 21.7.